The van der Waals surface area contributed by atoms with Gasteiger partial charge in [-0.25, -0.2) is 8.42 Å². The van der Waals surface area contributed by atoms with Crippen LogP contribution in [0.2, 0.25) is 0 Å². The predicted octanol–water partition coefficient (Wildman–Crippen LogP) is 3.32. The van der Waals surface area contributed by atoms with E-state index in [-0.39, 0.29) is 10.8 Å². The Labute approximate surface area is 178 Å². The number of sulfonamides is 1. The largest absolute Gasteiger partial charge is 0.486 e. The van der Waals surface area contributed by atoms with E-state index in [1.54, 1.807) is 36.4 Å². The van der Waals surface area contributed by atoms with Crippen LogP contribution < -0.4 is 14.8 Å². The summed E-state index contributed by atoms with van der Waals surface area (Å²) < 4.78 is 39.2. The van der Waals surface area contributed by atoms with Gasteiger partial charge in [-0.2, -0.15) is 4.31 Å². The molecule has 2 aromatic rings. The number of aryl methyl sites for hydroxylation is 1. The number of halogens is 1. The number of hydrogen-bond donors (Lipinski definition) is 1. The van der Waals surface area contributed by atoms with E-state index in [0.717, 1.165) is 5.56 Å². The number of ether oxygens (including phenoxy) is 2. The van der Waals surface area contributed by atoms with Crippen LogP contribution in [0.4, 0.5) is 5.69 Å². The molecule has 2 aromatic carbocycles. The predicted molar refractivity (Wildman–Crippen MR) is 112 cm³/mol. The molecule has 4 rings (SSSR count). The number of nitrogens with one attached hydrogen (secondary N) is 1. The van der Waals surface area contributed by atoms with Crippen molar-refractivity contribution in [1.29, 1.82) is 0 Å². The lowest BCUT2D eigenvalue weighted by molar-refractivity contribution is -0.119. The first-order valence-electron chi connectivity index (χ1n) is 9.35. The molecule has 0 radical (unpaired) electrons. The summed E-state index contributed by atoms with van der Waals surface area (Å²) in [7, 11) is -3.75. The molecule has 1 unspecified atom stereocenters. The van der Waals surface area contributed by atoms with Gasteiger partial charge in [-0.3, -0.25) is 4.79 Å². The molecule has 1 saturated heterocycles. The molecule has 1 fully saturated rings. The van der Waals surface area contributed by atoms with Gasteiger partial charge in [-0.15, -0.1) is 0 Å². The van der Waals surface area contributed by atoms with E-state index in [0.29, 0.717) is 54.3 Å². The minimum atomic E-state index is -3.75. The minimum absolute atomic E-state index is 0.198. The zero-order valence-electron chi connectivity index (χ0n) is 15.9. The van der Waals surface area contributed by atoms with E-state index < -0.39 is 16.1 Å². The number of carbonyl (C=O) groups excluding carboxylic acids is 1. The Morgan fingerprint density at radius 3 is 2.48 bits per heavy atom. The number of nitrogens with zero attached hydrogens (tertiary/aromatic N) is 1. The van der Waals surface area contributed by atoms with Crippen LogP contribution in [-0.2, 0) is 14.8 Å². The molecule has 1 amide bonds. The zero-order valence-corrected chi connectivity index (χ0v) is 18.3. The van der Waals surface area contributed by atoms with Crippen molar-refractivity contribution < 1.29 is 22.7 Å². The van der Waals surface area contributed by atoms with Gasteiger partial charge in [0.05, 0.1) is 10.6 Å². The number of fused-ring (bicyclic) bond motifs is 1. The number of hydrogen-bond acceptors (Lipinski definition) is 5. The van der Waals surface area contributed by atoms with E-state index in [2.05, 4.69) is 21.2 Å². The minimum Gasteiger partial charge on any atom is -0.486 e. The van der Waals surface area contributed by atoms with Gasteiger partial charge in [0.2, 0.25) is 15.9 Å². The van der Waals surface area contributed by atoms with Gasteiger partial charge in [0.25, 0.3) is 0 Å². The van der Waals surface area contributed by atoms with Crippen molar-refractivity contribution >= 4 is 37.5 Å². The summed E-state index contributed by atoms with van der Waals surface area (Å²) in [5.74, 6) is 0.784. The van der Waals surface area contributed by atoms with Gasteiger partial charge < -0.3 is 14.8 Å². The van der Waals surface area contributed by atoms with Gasteiger partial charge in [0.1, 0.15) is 19.3 Å². The average Bonchev–Trinajstić information content (AvgIpc) is 3.20. The molecule has 0 aliphatic carbocycles. The Kier molecular flexibility index (Phi) is 5.54. The maximum absolute atomic E-state index is 13.1. The van der Waals surface area contributed by atoms with Crippen molar-refractivity contribution in [2.24, 2.45) is 0 Å². The molecule has 2 aliphatic heterocycles. The molecular formula is C20H21BrN2O5S. The van der Waals surface area contributed by atoms with E-state index in [1.807, 2.05) is 6.92 Å². The molecule has 0 saturated carbocycles. The summed E-state index contributed by atoms with van der Waals surface area (Å²) in [6, 6.07) is 9.32. The third-order valence-corrected chi connectivity index (χ3v) is 7.60. The second-order valence-electron chi connectivity index (χ2n) is 7.05. The van der Waals surface area contributed by atoms with Crippen molar-refractivity contribution in [3.8, 4) is 11.5 Å². The van der Waals surface area contributed by atoms with Crippen LogP contribution in [0.15, 0.2) is 45.8 Å². The molecule has 7 nitrogen and oxygen atoms in total. The summed E-state index contributed by atoms with van der Waals surface area (Å²) in [5.41, 5.74) is 1.49. The highest BCUT2D eigenvalue weighted by molar-refractivity contribution is 9.10. The molecule has 2 aliphatic rings. The van der Waals surface area contributed by atoms with Crippen LogP contribution in [-0.4, -0.2) is 44.4 Å². The molecule has 0 bridgehead atoms. The average molecular weight is 481 g/mol. The summed E-state index contributed by atoms with van der Waals surface area (Å²) >= 11 is 3.43. The number of benzene rings is 2. The summed E-state index contributed by atoms with van der Waals surface area (Å²) in [5, 5.41) is 2.84. The van der Waals surface area contributed by atoms with Crippen LogP contribution in [0.5, 0.6) is 11.5 Å². The van der Waals surface area contributed by atoms with Gasteiger partial charge in [0.15, 0.2) is 11.5 Å². The molecule has 0 spiro atoms. The normalized spacial score (nSPS) is 19.2. The number of amides is 1. The Hall–Kier alpha value is -2.10. The summed E-state index contributed by atoms with van der Waals surface area (Å²) in [4.78, 5) is 13.2. The van der Waals surface area contributed by atoms with Crippen LogP contribution >= 0.6 is 15.9 Å². The Bertz CT molecular complexity index is 1040. The molecule has 154 valence electrons. The fraction of sp³-hybridized carbons (Fsp3) is 0.350. The fourth-order valence-corrected chi connectivity index (χ4v) is 5.59. The number of carbonyl (C=O) groups is 1. The van der Waals surface area contributed by atoms with Crippen LogP contribution in [0.1, 0.15) is 18.4 Å². The van der Waals surface area contributed by atoms with E-state index in [4.69, 9.17) is 9.47 Å². The second-order valence-corrected chi connectivity index (χ2v) is 9.80. The van der Waals surface area contributed by atoms with Crippen molar-refractivity contribution in [2.45, 2.75) is 30.7 Å². The lowest BCUT2D eigenvalue weighted by atomic mass is 10.2. The summed E-state index contributed by atoms with van der Waals surface area (Å²) in [6.45, 7) is 3.12. The number of rotatable bonds is 4. The first-order chi connectivity index (χ1) is 13.9. The third kappa shape index (κ3) is 3.99. The standard InChI is InChI=1S/C20H21BrN2O5S/c1-13-4-6-14(7-5-13)29(25,26)23-8-2-3-17(23)20(24)22-16-12-19-18(11-15(16)21)27-9-10-28-19/h4-7,11-12,17H,2-3,8-10H2,1H3,(H,22,24). The van der Waals surface area contributed by atoms with Crippen LogP contribution in [0.25, 0.3) is 0 Å². The van der Waals surface area contributed by atoms with E-state index in [9.17, 15) is 13.2 Å². The van der Waals surface area contributed by atoms with Crippen LogP contribution in [0.3, 0.4) is 0 Å². The Morgan fingerprint density at radius 1 is 1.14 bits per heavy atom. The molecule has 0 aromatic heterocycles. The molecule has 29 heavy (non-hydrogen) atoms. The Morgan fingerprint density at radius 2 is 1.79 bits per heavy atom. The lowest BCUT2D eigenvalue weighted by Crippen LogP contribution is -2.43. The first-order valence-corrected chi connectivity index (χ1v) is 11.6. The van der Waals surface area contributed by atoms with E-state index >= 15 is 0 Å². The molecule has 2 heterocycles. The lowest BCUT2D eigenvalue weighted by Gasteiger charge is -2.24. The van der Waals surface area contributed by atoms with E-state index in [1.165, 1.54) is 4.31 Å². The van der Waals surface area contributed by atoms with Gasteiger partial charge in [0, 0.05) is 23.2 Å². The fourth-order valence-electron chi connectivity index (χ4n) is 3.51. The van der Waals surface area contributed by atoms with Crippen molar-refractivity contribution in [3.05, 3.63) is 46.4 Å². The van der Waals surface area contributed by atoms with Crippen molar-refractivity contribution in [2.75, 3.05) is 25.1 Å². The summed E-state index contributed by atoms with van der Waals surface area (Å²) in [6.07, 6.45) is 1.10. The Balaban J connectivity index is 1.56. The number of anilines is 1. The highest BCUT2D eigenvalue weighted by Crippen LogP contribution is 2.38. The monoisotopic (exact) mass is 480 g/mol. The molecular weight excluding hydrogens is 460 g/mol. The molecule has 9 heteroatoms. The maximum atomic E-state index is 13.1. The highest BCUT2D eigenvalue weighted by atomic mass is 79.9. The smallest absolute Gasteiger partial charge is 0.243 e. The van der Waals surface area contributed by atoms with Crippen molar-refractivity contribution in [1.82, 2.24) is 4.31 Å². The maximum Gasteiger partial charge on any atom is 0.243 e. The first kappa shape index (κ1) is 20.2. The van der Waals surface area contributed by atoms with Crippen molar-refractivity contribution in [3.63, 3.8) is 0 Å². The van der Waals surface area contributed by atoms with Gasteiger partial charge in [-0.1, -0.05) is 17.7 Å². The third-order valence-electron chi connectivity index (χ3n) is 5.02. The topological polar surface area (TPSA) is 84.9 Å². The molecule has 1 N–H and O–H groups in total. The van der Waals surface area contributed by atoms with Crippen LogP contribution in [0, 0.1) is 6.92 Å². The second kappa shape index (κ2) is 7.97. The zero-order chi connectivity index (χ0) is 20.6. The van der Waals surface area contributed by atoms with Gasteiger partial charge in [-0.05, 0) is 47.8 Å². The van der Waals surface area contributed by atoms with Gasteiger partial charge >= 0.3 is 0 Å². The SMILES string of the molecule is Cc1ccc(S(=O)(=O)N2CCCC2C(=O)Nc2cc3c(cc2Br)OCCO3)cc1. The quantitative estimate of drug-likeness (QED) is 0.725. The molecule has 1 atom stereocenters. The highest BCUT2D eigenvalue weighted by Gasteiger charge is 2.39.